The van der Waals surface area contributed by atoms with Crippen molar-refractivity contribution in [1.29, 1.82) is 5.26 Å². The lowest BCUT2D eigenvalue weighted by Gasteiger charge is -2.29. The summed E-state index contributed by atoms with van der Waals surface area (Å²) in [6, 6.07) is 18.3. The van der Waals surface area contributed by atoms with Gasteiger partial charge in [-0.2, -0.15) is 10.4 Å². The van der Waals surface area contributed by atoms with Crippen LogP contribution in [-0.4, -0.2) is 63.5 Å². The zero-order valence-electron chi connectivity index (χ0n) is 22.6. The van der Waals surface area contributed by atoms with E-state index in [1.807, 2.05) is 58.2 Å². The number of aliphatic imine (C=N–C) groups is 1. The highest BCUT2D eigenvalue weighted by Gasteiger charge is 2.14. The molecule has 5 aromatic rings. The second kappa shape index (κ2) is 12.3. The Labute approximate surface area is 241 Å². The number of fused-ring (bicyclic) bond motifs is 2. The van der Waals surface area contributed by atoms with Gasteiger partial charge in [0.05, 0.1) is 43.5 Å². The van der Waals surface area contributed by atoms with Crippen LogP contribution < -0.4 is 10.6 Å². The smallest absolute Gasteiger partial charge is 0.210 e. The third-order valence-corrected chi connectivity index (χ3v) is 6.80. The van der Waals surface area contributed by atoms with Crippen LogP contribution in [0.3, 0.4) is 0 Å². The molecule has 42 heavy (non-hydrogen) atoms. The minimum absolute atomic E-state index is 0.263. The van der Waals surface area contributed by atoms with E-state index in [0.717, 1.165) is 38.6 Å². The first kappa shape index (κ1) is 26.7. The molecule has 6 rings (SSSR count). The quantitative estimate of drug-likeness (QED) is 0.144. The van der Waals surface area contributed by atoms with Gasteiger partial charge in [-0.05, 0) is 54.1 Å². The zero-order chi connectivity index (χ0) is 28.7. The first-order valence-electron chi connectivity index (χ1n) is 13.4. The van der Waals surface area contributed by atoms with Gasteiger partial charge in [0.1, 0.15) is 18.0 Å². The fourth-order valence-electron chi connectivity index (χ4n) is 4.78. The number of halogens is 1. The van der Waals surface area contributed by atoms with Gasteiger partial charge < -0.3 is 20.3 Å². The number of guanidine groups is 1. The fraction of sp³-hybridized carbons (Fsp3) is 0.194. The van der Waals surface area contributed by atoms with Gasteiger partial charge in [0, 0.05) is 35.1 Å². The van der Waals surface area contributed by atoms with Crippen molar-refractivity contribution in [3.8, 4) is 18.0 Å². The molecule has 10 nitrogen and oxygen atoms in total. The standard InChI is InChI=1S/C31H26FN9O/c32-25-5-1-3-23(15-25)19-41-29-9-7-26(17-24(29)18-38-41)39-30-27-16-22(6-8-28(27)36-21-37-30)4-2-10-34-31(35-20-33)40-11-13-42-14-12-40/h1,3,5-9,15-18,21H,10-14,19H2,(H,34,35)(H,36,37,39). The molecule has 3 aromatic carbocycles. The molecule has 0 saturated carbocycles. The van der Waals surface area contributed by atoms with Crippen LogP contribution in [0.15, 0.2) is 78.2 Å². The van der Waals surface area contributed by atoms with Gasteiger partial charge in [0.15, 0.2) is 0 Å². The predicted octanol–water partition coefficient (Wildman–Crippen LogP) is 4.02. The van der Waals surface area contributed by atoms with Crippen LogP contribution in [0, 0.1) is 29.1 Å². The van der Waals surface area contributed by atoms with E-state index >= 15 is 0 Å². The number of aromatic nitrogens is 4. The van der Waals surface area contributed by atoms with Crippen LogP contribution in [0.4, 0.5) is 15.9 Å². The first-order chi connectivity index (χ1) is 20.7. The molecule has 2 aromatic heterocycles. The number of hydrogen-bond donors (Lipinski definition) is 2. The molecule has 0 spiro atoms. The Kier molecular flexibility index (Phi) is 7.84. The monoisotopic (exact) mass is 559 g/mol. The Bertz CT molecular complexity index is 1880. The number of nitrogens with zero attached hydrogens (tertiary/aromatic N) is 7. The summed E-state index contributed by atoms with van der Waals surface area (Å²) >= 11 is 0. The summed E-state index contributed by atoms with van der Waals surface area (Å²) < 4.78 is 20.8. The van der Waals surface area contributed by atoms with E-state index < -0.39 is 0 Å². The molecule has 0 atom stereocenters. The molecule has 1 saturated heterocycles. The number of nitriles is 1. The molecule has 0 amide bonds. The van der Waals surface area contributed by atoms with E-state index in [1.165, 1.54) is 18.5 Å². The highest BCUT2D eigenvalue weighted by atomic mass is 19.1. The number of benzene rings is 3. The minimum Gasteiger partial charge on any atom is -0.378 e. The van der Waals surface area contributed by atoms with Gasteiger partial charge in [0.2, 0.25) is 12.2 Å². The molecule has 0 bridgehead atoms. The molecule has 208 valence electrons. The maximum atomic E-state index is 13.6. The van der Waals surface area contributed by atoms with E-state index in [0.29, 0.717) is 51.2 Å². The highest BCUT2D eigenvalue weighted by molar-refractivity contribution is 5.92. The van der Waals surface area contributed by atoms with Gasteiger partial charge in [-0.3, -0.25) is 4.68 Å². The van der Waals surface area contributed by atoms with Crippen LogP contribution in [0.1, 0.15) is 11.1 Å². The van der Waals surface area contributed by atoms with Gasteiger partial charge in [-0.25, -0.2) is 14.4 Å². The minimum atomic E-state index is -0.263. The van der Waals surface area contributed by atoms with E-state index in [9.17, 15) is 4.39 Å². The maximum absolute atomic E-state index is 13.6. The Morgan fingerprint density at radius 2 is 1.98 bits per heavy atom. The Morgan fingerprint density at radius 1 is 1.07 bits per heavy atom. The largest absolute Gasteiger partial charge is 0.378 e. The highest BCUT2D eigenvalue weighted by Crippen LogP contribution is 2.26. The molecular formula is C31H26FN9O. The van der Waals surface area contributed by atoms with Crippen molar-refractivity contribution in [2.75, 3.05) is 38.2 Å². The average Bonchev–Trinajstić information content (AvgIpc) is 3.41. The predicted molar refractivity (Wildman–Crippen MR) is 158 cm³/mol. The lowest BCUT2D eigenvalue weighted by molar-refractivity contribution is 0.0667. The molecule has 1 aliphatic heterocycles. The van der Waals surface area contributed by atoms with Crippen molar-refractivity contribution in [1.82, 2.24) is 30.0 Å². The number of nitrogens with one attached hydrogen (secondary N) is 2. The van der Waals surface area contributed by atoms with E-state index in [2.05, 4.69) is 42.5 Å². The summed E-state index contributed by atoms with van der Waals surface area (Å²) in [6.07, 6.45) is 5.17. The summed E-state index contributed by atoms with van der Waals surface area (Å²) in [7, 11) is 0. The molecular weight excluding hydrogens is 533 g/mol. The van der Waals surface area contributed by atoms with Crippen molar-refractivity contribution in [3.63, 3.8) is 0 Å². The molecule has 1 fully saturated rings. The lowest BCUT2D eigenvalue weighted by Crippen LogP contribution is -2.47. The third kappa shape index (κ3) is 6.12. The maximum Gasteiger partial charge on any atom is 0.210 e. The Balaban J connectivity index is 1.17. The van der Waals surface area contributed by atoms with Crippen LogP contribution in [-0.2, 0) is 11.3 Å². The third-order valence-electron chi connectivity index (χ3n) is 6.80. The first-order valence-corrected chi connectivity index (χ1v) is 13.4. The second-order valence-corrected chi connectivity index (χ2v) is 9.58. The fourth-order valence-corrected chi connectivity index (χ4v) is 4.78. The number of morpholine rings is 1. The molecule has 3 heterocycles. The van der Waals surface area contributed by atoms with Crippen molar-refractivity contribution in [2.24, 2.45) is 4.99 Å². The second-order valence-electron chi connectivity index (χ2n) is 9.58. The van der Waals surface area contributed by atoms with E-state index in [-0.39, 0.29) is 5.82 Å². The van der Waals surface area contributed by atoms with Gasteiger partial charge in [-0.15, -0.1) is 4.99 Å². The molecule has 0 aliphatic carbocycles. The Hall–Kier alpha value is -5.52. The molecule has 2 N–H and O–H groups in total. The topological polar surface area (TPSA) is 116 Å². The van der Waals surface area contributed by atoms with E-state index in [1.54, 1.807) is 12.3 Å². The van der Waals surface area contributed by atoms with Gasteiger partial charge in [0.25, 0.3) is 0 Å². The summed E-state index contributed by atoms with van der Waals surface area (Å²) in [4.78, 5) is 14.8. The van der Waals surface area contributed by atoms with Crippen molar-refractivity contribution >= 4 is 39.3 Å². The normalized spacial score (nSPS) is 13.4. The number of rotatable bonds is 5. The average molecular weight is 560 g/mol. The molecule has 0 unspecified atom stereocenters. The van der Waals surface area contributed by atoms with Crippen LogP contribution in [0.25, 0.3) is 21.8 Å². The summed E-state index contributed by atoms with van der Waals surface area (Å²) in [5.74, 6) is 7.17. The number of anilines is 2. The SMILES string of the molecule is N#C/N=C(\NCC#Cc1ccc2ncnc(Nc3ccc4c(cnn4Cc4cccc(F)c4)c3)c2c1)N1CCOCC1. The van der Waals surface area contributed by atoms with Crippen LogP contribution in [0.5, 0.6) is 0 Å². The molecule has 11 heteroatoms. The van der Waals surface area contributed by atoms with Crippen molar-refractivity contribution in [3.05, 3.63) is 90.1 Å². The van der Waals surface area contributed by atoms with Gasteiger partial charge >= 0.3 is 0 Å². The van der Waals surface area contributed by atoms with Crippen LogP contribution in [0.2, 0.25) is 0 Å². The summed E-state index contributed by atoms with van der Waals surface area (Å²) in [5, 5.41) is 21.9. The Morgan fingerprint density at radius 3 is 2.83 bits per heavy atom. The number of hydrogen-bond acceptors (Lipinski definition) is 7. The summed E-state index contributed by atoms with van der Waals surface area (Å²) in [6.45, 7) is 3.35. The van der Waals surface area contributed by atoms with Crippen molar-refractivity contribution < 1.29 is 9.13 Å². The molecule has 0 radical (unpaired) electrons. The van der Waals surface area contributed by atoms with Crippen molar-refractivity contribution in [2.45, 2.75) is 6.54 Å². The molecule has 1 aliphatic rings. The summed E-state index contributed by atoms with van der Waals surface area (Å²) in [5.41, 5.74) is 4.23. The van der Waals surface area contributed by atoms with Gasteiger partial charge in [-0.1, -0.05) is 24.0 Å². The van der Waals surface area contributed by atoms with E-state index in [4.69, 9.17) is 10.00 Å². The lowest BCUT2D eigenvalue weighted by atomic mass is 10.1. The zero-order valence-corrected chi connectivity index (χ0v) is 22.6. The number of ether oxygens (including phenoxy) is 1. The van der Waals surface area contributed by atoms with Crippen LogP contribution >= 0.6 is 0 Å².